The van der Waals surface area contributed by atoms with E-state index in [2.05, 4.69) is 9.80 Å². The summed E-state index contributed by atoms with van der Waals surface area (Å²) in [5.74, 6) is 0.234. The molecular formula is C12H22N2O2. The van der Waals surface area contributed by atoms with Crippen LogP contribution in [0.4, 0.5) is 0 Å². The maximum Gasteiger partial charge on any atom is 0.219 e. The first-order valence-corrected chi connectivity index (χ1v) is 6.34. The Morgan fingerprint density at radius 2 is 2.00 bits per heavy atom. The van der Waals surface area contributed by atoms with Gasteiger partial charge in [-0.1, -0.05) is 0 Å². The van der Waals surface area contributed by atoms with Gasteiger partial charge in [0, 0.05) is 39.1 Å². The molecule has 4 heteroatoms. The molecule has 1 atom stereocenters. The van der Waals surface area contributed by atoms with Crippen molar-refractivity contribution in [1.82, 2.24) is 9.80 Å². The average molecular weight is 226 g/mol. The Balaban J connectivity index is 1.87. The second-order valence-corrected chi connectivity index (χ2v) is 4.77. The number of morpholine rings is 1. The monoisotopic (exact) mass is 226 g/mol. The van der Waals surface area contributed by atoms with Crippen LogP contribution in [-0.2, 0) is 9.53 Å². The molecule has 0 aromatic heterocycles. The van der Waals surface area contributed by atoms with Crippen LogP contribution < -0.4 is 0 Å². The molecule has 0 N–H and O–H groups in total. The Kier molecular flexibility index (Phi) is 4.18. The van der Waals surface area contributed by atoms with Crippen molar-refractivity contribution in [3.05, 3.63) is 0 Å². The van der Waals surface area contributed by atoms with Crippen molar-refractivity contribution in [2.75, 3.05) is 39.4 Å². The van der Waals surface area contributed by atoms with Gasteiger partial charge in [-0.25, -0.2) is 0 Å². The summed E-state index contributed by atoms with van der Waals surface area (Å²) in [6.45, 7) is 7.38. The summed E-state index contributed by atoms with van der Waals surface area (Å²) in [5, 5.41) is 0. The van der Waals surface area contributed by atoms with Crippen LogP contribution in [0.1, 0.15) is 26.2 Å². The zero-order valence-electron chi connectivity index (χ0n) is 10.2. The number of nitrogens with zero attached hydrogens (tertiary/aromatic N) is 2. The topological polar surface area (TPSA) is 32.8 Å². The molecule has 0 bridgehead atoms. The van der Waals surface area contributed by atoms with Gasteiger partial charge in [0.1, 0.15) is 0 Å². The number of ether oxygens (including phenoxy) is 1. The van der Waals surface area contributed by atoms with Crippen molar-refractivity contribution in [2.45, 2.75) is 32.2 Å². The predicted octanol–water partition coefficient (Wildman–Crippen LogP) is 0.720. The van der Waals surface area contributed by atoms with Crippen LogP contribution in [0.25, 0.3) is 0 Å². The van der Waals surface area contributed by atoms with Crippen molar-refractivity contribution in [3.8, 4) is 0 Å². The van der Waals surface area contributed by atoms with E-state index in [9.17, 15) is 4.79 Å². The number of carbonyl (C=O) groups is 1. The van der Waals surface area contributed by atoms with E-state index in [4.69, 9.17) is 4.74 Å². The summed E-state index contributed by atoms with van der Waals surface area (Å²) in [5.41, 5.74) is 0. The highest BCUT2D eigenvalue weighted by Crippen LogP contribution is 2.18. The molecule has 1 amide bonds. The summed E-state index contributed by atoms with van der Waals surface area (Å²) in [6.07, 6.45) is 3.59. The molecular weight excluding hydrogens is 204 g/mol. The van der Waals surface area contributed by atoms with Crippen LogP contribution in [0.2, 0.25) is 0 Å². The smallest absolute Gasteiger partial charge is 0.219 e. The van der Waals surface area contributed by atoms with Crippen LogP contribution in [0, 0.1) is 0 Å². The van der Waals surface area contributed by atoms with Crippen molar-refractivity contribution in [3.63, 3.8) is 0 Å². The summed E-state index contributed by atoms with van der Waals surface area (Å²) >= 11 is 0. The largest absolute Gasteiger partial charge is 0.379 e. The normalized spacial score (nSPS) is 28.1. The third kappa shape index (κ3) is 2.95. The lowest BCUT2D eigenvalue weighted by atomic mass is 10.0. The van der Waals surface area contributed by atoms with E-state index in [1.54, 1.807) is 6.92 Å². The second kappa shape index (κ2) is 5.64. The minimum Gasteiger partial charge on any atom is -0.379 e. The number of likely N-dealkylation sites (tertiary alicyclic amines) is 1. The molecule has 0 aliphatic carbocycles. The first kappa shape index (κ1) is 11.9. The lowest BCUT2D eigenvalue weighted by Gasteiger charge is -2.39. The van der Waals surface area contributed by atoms with Crippen LogP contribution in [0.15, 0.2) is 0 Å². The molecule has 4 nitrogen and oxygen atoms in total. The van der Waals surface area contributed by atoms with Gasteiger partial charge in [-0.3, -0.25) is 9.69 Å². The number of amides is 1. The third-order valence-corrected chi connectivity index (χ3v) is 3.60. The standard InChI is InChI=1S/C12H22N2O2/c1-11(15)14-5-3-2-4-12(14)10-13-6-8-16-9-7-13/h12H,2-10H2,1H3. The quantitative estimate of drug-likeness (QED) is 0.695. The zero-order valence-corrected chi connectivity index (χ0v) is 10.2. The van der Waals surface area contributed by atoms with E-state index < -0.39 is 0 Å². The Morgan fingerprint density at radius 1 is 1.25 bits per heavy atom. The molecule has 2 saturated heterocycles. The summed E-state index contributed by atoms with van der Waals surface area (Å²) in [6, 6.07) is 0.435. The molecule has 1 unspecified atom stereocenters. The minimum absolute atomic E-state index is 0.234. The second-order valence-electron chi connectivity index (χ2n) is 4.77. The lowest BCUT2D eigenvalue weighted by Crippen LogP contribution is -2.50. The van der Waals surface area contributed by atoms with Gasteiger partial charge in [-0.2, -0.15) is 0 Å². The van der Waals surface area contributed by atoms with E-state index in [0.717, 1.165) is 45.8 Å². The summed E-state index contributed by atoms with van der Waals surface area (Å²) in [4.78, 5) is 16.0. The Morgan fingerprint density at radius 3 is 2.69 bits per heavy atom. The van der Waals surface area contributed by atoms with Crippen LogP contribution in [-0.4, -0.2) is 61.1 Å². The predicted molar refractivity (Wildman–Crippen MR) is 62.3 cm³/mol. The van der Waals surface area contributed by atoms with Gasteiger partial charge in [0.05, 0.1) is 13.2 Å². The molecule has 16 heavy (non-hydrogen) atoms. The maximum atomic E-state index is 11.5. The van der Waals surface area contributed by atoms with Crippen molar-refractivity contribution in [2.24, 2.45) is 0 Å². The average Bonchev–Trinajstić information content (AvgIpc) is 2.31. The third-order valence-electron chi connectivity index (χ3n) is 3.60. The lowest BCUT2D eigenvalue weighted by molar-refractivity contribution is -0.133. The van der Waals surface area contributed by atoms with Crippen molar-refractivity contribution < 1.29 is 9.53 Å². The number of hydrogen-bond acceptors (Lipinski definition) is 3. The molecule has 92 valence electrons. The van der Waals surface area contributed by atoms with Crippen LogP contribution in [0.5, 0.6) is 0 Å². The van der Waals surface area contributed by atoms with Gasteiger partial charge in [0.25, 0.3) is 0 Å². The van der Waals surface area contributed by atoms with Gasteiger partial charge in [0.2, 0.25) is 5.91 Å². The fraction of sp³-hybridized carbons (Fsp3) is 0.917. The van der Waals surface area contributed by atoms with E-state index in [1.807, 2.05) is 0 Å². The maximum absolute atomic E-state index is 11.5. The molecule has 0 radical (unpaired) electrons. The van der Waals surface area contributed by atoms with Crippen molar-refractivity contribution in [1.29, 1.82) is 0 Å². The number of carbonyl (C=O) groups excluding carboxylic acids is 1. The zero-order chi connectivity index (χ0) is 11.4. The Labute approximate surface area is 97.5 Å². The highest BCUT2D eigenvalue weighted by molar-refractivity contribution is 5.73. The first-order chi connectivity index (χ1) is 7.77. The van der Waals surface area contributed by atoms with Crippen LogP contribution >= 0.6 is 0 Å². The van der Waals surface area contributed by atoms with Gasteiger partial charge >= 0.3 is 0 Å². The highest BCUT2D eigenvalue weighted by Gasteiger charge is 2.26. The van der Waals surface area contributed by atoms with Gasteiger partial charge < -0.3 is 9.64 Å². The van der Waals surface area contributed by atoms with Gasteiger partial charge in [-0.05, 0) is 19.3 Å². The van der Waals surface area contributed by atoms with Crippen LogP contribution in [0.3, 0.4) is 0 Å². The first-order valence-electron chi connectivity index (χ1n) is 6.34. The Hall–Kier alpha value is -0.610. The number of hydrogen-bond donors (Lipinski definition) is 0. The molecule has 2 aliphatic rings. The van der Waals surface area contributed by atoms with Crippen molar-refractivity contribution >= 4 is 5.91 Å². The molecule has 0 spiro atoms. The number of rotatable bonds is 2. The molecule has 0 aromatic rings. The molecule has 2 rings (SSSR count). The molecule has 2 fully saturated rings. The number of piperidine rings is 1. The van der Waals surface area contributed by atoms with Gasteiger partial charge in [-0.15, -0.1) is 0 Å². The fourth-order valence-corrected chi connectivity index (χ4v) is 2.69. The molecule has 0 saturated carbocycles. The minimum atomic E-state index is 0.234. The molecule has 2 aliphatic heterocycles. The summed E-state index contributed by atoms with van der Waals surface area (Å²) < 4.78 is 5.34. The Bertz CT molecular complexity index is 239. The molecule has 0 aromatic carbocycles. The van der Waals surface area contributed by atoms with E-state index in [-0.39, 0.29) is 5.91 Å². The van der Waals surface area contributed by atoms with Gasteiger partial charge in [0.15, 0.2) is 0 Å². The van der Waals surface area contributed by atoms with E-state index >= 15 is 0 Å². The van der Waals surface area contributed by atoms with E-state index in [1.165, 1.54) is 12.8 Å². The highest BCUT2D eigenvalue weighted by atomic mass is 16.5. The van der Waals surface area contributed by atoms with E-state index in [0.29, 0.717) is 6.04 Å². The molecule has 2 heterocycles. The fourth-order valence-electron chi connectivity index (χ4n) is 2.69. The SMILES string of the molecule is CC(=O)N1CCCCC1CN1CCOCC1. The summed E-state index contributed by atoms with van der Waals surface area (Å²) in [7, 11) is 0.